The molecule has 3 rings (SSSR count). The van der Waals surface area contributed by atoms with Crippen LogP contribution < -0.4 is 10.0 Å². The van der Waals surface area contributed by atoms with Gasteiger partial charge in [-0.05, 0) is 30.2 Å². The number of guanidine groups is 1. The van der Waals surface area contributed by atoms with Crippen LogP contribution in [0.4, 0.5) is 0 Å². The molecular formula is C21H29IN4O2S. The molecule has 0 radical (unpaired) electrons. The lowest BCUT2D eigenvalue weighted by molar-refractivity contribution is 0.486. The van der Waals surface area contributed by atoms with Gasteiger partial charge < -0.3 is 10.2 Å². The molecule has 0 bridgehead atoms. The van der Waals surface area contributed by atoms with Crippen molar-refractivity contribution in [1.82, 2.24) is 14.9 Å². The highest BCUT2D eigenvalue weighted by molar-refractivity contribution is 14.0. The van der Waals surface area contributed by atoms with Crippen molar-refractivity contribution < 1.29 is 8.42 Å². The number of rotatable bonds is 6. The molecule has 0 aromatic heterocycles. The van der Waals surface area contributed by atoms with Crippen molar-refractivity contribution in [2.24, 2.45) is 4.99 Å². The molecule has 6 nitrogen and oxygen atoms in total. The number of aliphatic imine (C=N–C) groups is 1. The predicted molar refractivity (Wildman–Crippen MR) is 129 cm³/mol. The van der Waals surface area contributed by atoms with Crippen molar-refractivity contribution in [2.75, 3.05) is 27.2 Å². The summed E-state index contributed by atoms with van der Waals surface area (Å²) in [6.07, 6.45) is 1.11. The highest BCUT2D eigenvalue weighted by Gasteiger charge is 2.25. The van der Waals surface area contributed by atoms with E-state index in [0.29, 0.717) is 12.5 Å². The molecule has 1 heterocycles. The second-order valence-electron chi connectivity index (χ2n) is 7.03. The van der Waals surface area contributed by atoms with E-state index in [1.165, 1.54) is 12.6 Å². The molecule has 8 heteroatoms. The average molecular weight is 528 g/mol. The lowest BCUT2D eigenvalue weighted by Crippen LogP contribution is -2.39. The summed E-state index contributed by atoms with van der Waals surface area (Å²) in [6.45, 7) is 2.52. The highest BCUT2D eigenvalue weighted by atomic mass is 127. The Morgan fingerprint density at radius 2 is 1.86 bits per heavy atom. The van der Waals surface area contributed by atoms with Gasteiger partial charge in [-0.1, -0.05) is 54.6 Å². The monoisotopic (exact) mass is 528 g/mol. The first-order valence-corrected chi connectivity index (χ1v) is 11.2. The fourth-order valence-electron chi connectivity index (χ4n) is 3.58. The van der Waals surface area contributed by atoms with Gasteiger partial charge in [-0.2, -0.15) is 0 Å². The number of nitrogens with zero attached hydrogens (tertiary/aromatic N) is 2. The van der Waals surface area contributed by atoms with Crippen LogP contribution in [0.1, 0.15) is 29.0 Å². The molecule has 0 spiro atoms. The average Bonchev–Trinajstić information content (AvgIpc) is 3.19. The number of hydrogen-bond acceptors (Lipinski definition) is 3. The van der Waals surface area contributed by atoms with Crippen LogP contribution in [0.2, 0.25) is 0 Å². The molecule has 0 aliphatic carbocycles. The summed E-state index contributed by atoms with van der Waals surface area (Å²) in [5.41, 5.74) is 3.18. The Labute approximate surface area is 190 Å². The number of nitrogens with one attached hydrogen (secondary N) is 2. The Morgan fingerprint density at radius 1 is 1.14 bits per heavy atom. The van der Waals surface area contributed by atoms with E-state index in [-0.39, 0.29) is 29.7 Å². The maximum Gasteiger partial charge on any atom is 0.215 e. The lowest BCUT2D eigenvalue weighted by atomic mass is 9.99. The first kappa shape index (κ1) is 23.6. The molecule has 1 fully saturated rings. The molecule has 29 heavy (non-hydrogen) atoms. The lowest BCUT2D eigenvalue weighted by Gasteiger charge is -2.22. The van der Waals surface area contributed by atoms with Crippen LogP contribution in [0.5, 0.6) is 0 Å². The Morgan fingerprint density at radius 3 is 2.55 bits per heavy atom. The fraction of sp³-hybridized carbons (Fsp3) is 0.381. The minimum atomic E-state index is -3.27. The Hall–Kier alpha value is -1.65. The van der Waals surface area contributed by atoms with Gasteiger partial charge in [-0.25, -0.2) is 13.1 Å². The van der Waals surface area contributed by atoms with Crippen molar-refractivity contribution in [2.45, 2.75) is 24.6 Å². The minimum Gasteiger partial charge on any atom is -0.352 e. The molecule has 1 saturated heterocycles. The second kappa shape index (κ2) is 10.9. The Balaban J connectivity index is 0.00000300. The van der Waals surface area contributed by atoms with Crippen molar-refractivity contribution >= 4 is 40.0 Å². The van der Waals surface area contributed by atoms with Gasteiger partial charge in [0, 0.05) is 32.6 Å². The standard InChI is InChI=1S/C21H28N4O2S.HI/c1-22-21(25-12-11-20(15-25)19-9-4-3-5-10-19)24-14-17-7-6-8-18(13-17)16-28(26,27)23-2;/h3-10,13,20,23H,11-12,14-16H2,1-2H3,(H,22,24);1H. The number of sulfonamides is 1. The van der Waals surface area contributed by atoms with E-state index in [2.05, 4.69) is 44.2 Å². The fourth-order valence-corrected chi connectivity index (χ4v) is 4.35. The number of halogens is 1. The topological polar surface area (TPSA) is 73.8 Å². The molecule has 0 amide bonds. The molecule has 1 aliphatic rings. The van der Waals surface area contributed by atoms with Gasteiger partial charge in [-0.15, -0.1) is 24.0 Å². The Bertz CT molecular complexity index is 919. The van der Waals surface area contributed by atoms with Crippen LogP contribution >= 0.6 is 24.0 Å². The van der Waals surface area contributed by atoms with Crippen LogP contribution in [-0.2, 0) is 22.3 Å². The van der Waals surface area contributed by atoms with Crippen molar-refractivity contribution in [3.8, 4) is 0 Å². The summed E-state index contributed by atoms with van der Waals surface area (Å²) >= 11 is 0. The molecule has 2 aromatic carbocycles. The largest absolute Gasteiger partial charge is 0.352 e. The SMILES string of the molecule is CN=C(NCc1cccc(CS(=O)(=O)NC)c1)N1CCC(c2ccccc2)C1.I. The zero-order valence-electron chi connectivity index (χ0n) is 16.8. The third kappa shape index (κ3) is 6.68. The molecular weight excluding hydrogens is 499 g/mol. The summed E-state index contributed by atoms with van der Waals surface area (Å²) in [6, 6.07) is 18.2. The van der Waals surface area contributed by atoms with E-state index < -0.39 is 10.0 Å². The zero-order chi connectivity index (χ0) is 20.0. The van der Waals surface area contributed by atoms with Crippen LogP contribution in [0.25, 0.3) is 0 Å². The maximum absolute atomic E-state index is 11.8. The highest BCUT2D eigenvalue weighted by Crippen LogP contribution is 2.26. The molecule has 0 saturated carbocycles. The third-order valence-corrected chi connectivity index (χ3v) is 6.42. The van der Waals surface area contributed by atoms with E-state index in [1.54, 1.807) is 7.05 Å². The molecule has 1 aliphatic heterocycles. The maximum atomic E-state index is 11.8. The molecule has 2 aromatic rings. The van der Waals surface area contributed by atoms with Crippen LogP contribution in [-0.4, -0.2) is 46.5 Å². The van der Waals surface area contributed by atoms with E-state index >= 15 is 0 Å². The van der Waals surface area contributed by atoms with Crippen molar-refractivity contribution in [3.05, 3.63) is 71.3 Å². The quantitative estimate of drug-likeness (QED) is 0.344. The number of benzene rings is 2. The molecule has 1 unspecified atom stereocenters. The van der Waals surface area contributed by atoms with Gasteiger partial charge in [0.15, 0.2) is 5.96 Å². The zero-order valence-corrected chi connectivity index (χ0v) is 20.0. The summed E-state index contributed by atoms with van der Waals surface area (Å²) < 4.78 is 25.9. The van der Waals surface area contributed by atoms with Gasteiger partial charge in [0.2, 0.25) is 10.0 Å². The second-order valence-corrected chi connectivity index (χ2v) is 8.95. The summed E-state index contributed by atoms with van der Waals surface area (Å²) in [7, 11) is -0.0395. The molecule has 158 valence electrons. The van der Waals surface area contributed by atoms with Crippen molar-refractivity contribution in [3.63, 3.8) is 0 Å². The van der Waals surface area contributed by atoms with E-state index in [0.717, 1.165) is 36.6 Å². The normalized spacial score (nSPS) is 17.1. The van der Waals surface area contributed by atoms with Gasteiger partial charge in [0.05, 0.1) is 5.75 Å². The molecule has 2 N–H and O–H groups in total. The summed E-state index contributed by atoms with van der Waals surface area (Å²) in [4.78, 5) is 6.72. The van der Waals surface area contributed by atoms with Gasteiger partial charge in [0.1, 0.15) is 0 Å². The van der Waals surface area contributed by atoms with Crippen LogP contribution in [0.3, 0.4) is 0 Å². The van der Waals surface area contributed by atoms with Crippen molar-refractivity contribution in [1.29, 1.82) is 0 Å². The van der Waals surface area contributed by atoms with E-state index in [1.807, 2.05) is 30.3 Å². The minimum absolute atomic E-state index is 0. The summed E-state index contributed by atoms with van der Waals surface area (Å²) in [5, 5.41) is 3.41. The van der Waals surface area contributed by atoms with Crippen LogP contribution in [0, 0.1) is 0 Å². The molecule has 1 atom stereocenters. The third-order valence-electron chi connectivity index (χ3n) is 5.08. The number of hydrogen-bond donors (Lipinski definition) is 2. The van der Waals surface area contributed by atoms with Gasteiger partial charge >= 0.3 is 0 Å². The van der Waals surface area contributed by atoms with Gasteiger partial charge in [0.25, 0.3) is 0 Å². The smallest absolute Gasteiger partial charge is 0.215 e. The predicted octanol–water partition coefficient (Wildman–Crippen LogP) is 2.92. The van der Waals surface area contributed by atoms with E-state index in [4.69, 9.17) is 0 Å². The van der Waals surface area contributed by atoms with E-state index in [9.17, 15) is 8.42 Å². The number of likely N-dealkylation sites (tertiary alicyclic amines) is 1. The first-order chi connectivity index (χ1) is 13.5. The van der Waals surface area contributed by atoms with Gasteiger partial charge in [-0.3, -0.25) is 4.99 Å². The first-order valence-electron chi connectivity index (χ1n) is 9.50. The summed E-state index contributed by atoms with van der Waals surface area (Å²) in [5.74, 6) is 1.39. The Kier molecular flexibility index (Phi) is 8.91. The van der Waals surface area contributed by atoms with Crippen LogP contribution in [0.15, 0.2) is 59.6 Å².